The molecule has 1 N–H and O–H groups in total. The van der Waals surface area contributed by atoms with Crippen molar-refractivity contribution < 1.29 is 23.4 Å². The molecule has 0 radical (unpaired) electrons. The summed E-state index contributed by atoms with van der Waals surface area (Å²) >= 11 is 0. The summed E-state index contributed by atoms with van der Waals surface area (Å²) in [4.78, 5) is 10.9. The van der Waals surface area contributed by atoms with Crippen molar-refractivity contribution in [2.75, 3.05) is 0 Å². The first-order valence-corrected chi connectivity index (χ1v) is 6.26. The van der Waals surface area contributed by atoms with Crippen LogP contribution >= 0.6 is 0 Å². The molecule has 0 bridgehead atoms. The Labute approximate surface area is 119 Å². The smallest absolute Gasteiger partial charge is 0.335 e. The standard InChI is InChI=1S/C16H11FO4/c17-12-2-4-13(5-3-12)20-9-14-8-11-7-10(16(18)19)1-6-15(11)21-14/h1-8H,9H2,(H,18,19). The highest BCUT2D eigenvalue weighted by molar-refractivity contribution is 5.93. The van der Waals surface area contributed by atoms with Crippen molar-refractivity contribution in [1.29, 1.82) is 0 Å². The Hall–Kier alpha value is -2.82. The fraction of sp³-hybridized carbons (Fsp3) is 0.0625. The van der Waals surface area contributed by atoms with Gasteiger partial charge in [0.2, 0.25) is 0 Å². The van der Waals surface area contributed by atoms with Crippen LogP contribution in [-0.2, 0) is 6.61 Å². The van der Waals surface area contributed by atoms with Crippen molar-refractivity contribution in [3.8, 4) is 5.75 Å². The third-order valence-corrected chi connectivity index (χ3v) is 3.01. The molecule has 4 nitrogen and oxygen atoms in total. The highest BCUT2D eigenvalue weighted by Gasteiger charge is 2.08. The minimum absolute atomic E-state index is 0.183. The highest BCUT2D eigenvalue weighted by atomic mass is 19.1. The molecule has 1 heterocycles. The molecular weight excluding hydrogens is 275 g/mol. The van der Waals surface area contributed by atoms with Crippen LogP contribution in [0.1, 0.15) is 16.1 Å². The minimum atomic E-state index is -0.984. The molecule has 2 aromatic carbocycles. The van der Waals surface area contributed by atoms with Gasteiger partial charge in [-0.05, 0) is 48.5 Å². The van der Waals surface area contributed by atoms with Crippen molar-refractivity contribution in [1.82, 2.24) is 0 Å². The van der Waals surface area contributed by atoms with Crippen molar-refractivity contribution in [2.24, 2.45) is 0 Å². The number of carboxylic acids is 1. The normalized spacial score (nSPS) is 10.7. The summed E-state index contributed by atoms with van der Waals surface area (Å²) < 4.78 is 23.8. The molecule has 0 spiro atoms. The van der Waals surface area contributed by atoms with Gasteiger partial charge in [0.05, 0.1) is 5.56 Å². The molecule has 0 unspecified atom stereocenters. The van der Waals surface area contributed by atoms with Gasteiger partial charge >= 0.3 is 5.97 Å². The Bertz CT molecular complexity index is 790. The lowest BCUT2D eigenvalue weighted by atomic mass is 10.1. The summed E-state index contributed by atoms with van der Waals surface area (Å²) in [5, 5.41) is 9.64. The summed E-state index contributed by atoms with van der Waals surface area (Å²) in [6, 6.07) is 12.0. The van der Waals surface area contributed by atoms with Crippen LogP contribution in [0.5, 0.6) is 5.75 Å². The van der Waals surface area contributed by atoms with E-state index in [2.05, 4.69) is 0 Å². The molecule has 0 saturated heterocycles. The number of aromatic carboxylic acids is 1. The number of hydrogen-bond donors (Lipinski definition) is 1. The molecule has 1 aromatic heterocycles. The fourth-order valence-electron chi connectivity index (χ4n) is 1.99. The second-order valence-electron chi connectivity index (χ2n) is 4.51. The Kier molecular flexibility index (Phi) is 3.31. The zero-order valence-corrected chi connectivity index (χ0v) is 10.9. The van der Waals surface area contributed by atoms with E-state index in [1.54, 1.807) is 18.2 Å². The largest absolute Gasteiger partial charge is 0.486 e. The van der Waals surface area contributed by atoms with Gasteiger partial charge in [0.15, 0.2) is 0 Å². The van der Waals surface area contributed by atoms with Gasteiger partial charge in [0.25, 0.3) is 0 Å². The zero-order valence-electron chi connectivity index (χ0n) is 10.9. The second-order valence-corrected chi connectivity index (χ2v) is 4.51. The van der Waals surface area contributed by atoms with Crippen LogP contribution in [0.25, 0.3) is 11.0 Å². The number of benzene rings is 2. The maximum absolute atomic E-state index is 12.8. The lowest BCUT2D eigenvalue weighted by Gasteiger charge is -2.03. The van der Waals surface area contributed by atoms with Crippen LogP contribution in [-0.4, -0.2) is 11.1 Å². The van der Waals surface area contributed by atoms with Gasteiger partial charge in [-0.25, -0.2) is 9.18 Å². The fourth-order valence-corrected chi connectivity index (χ4v) is 1.99. The highest BCUT2D eigenvalue weighted by Crippen LogP contribution is 2.22. The van der Waals surface area contributed by atoms with E-state index in [4.69, 9.17) is 14.3 Å². The molecule has 21 heavy (non-hydrogen) atoms. The van der Waals surface area contributed by atoms with Crippen LogP contribution in [0, 0.1) is 5.82 Å². The lowest BCUT2D eigenvalue weighted by Crippen LogP contribution is -1.94. The SMILES string of the molecule is O=C(O)c1ccc2oc(COc3ccc(F)cc3)cc2c1. The number of rotatable bonds is 4. The van der Waals surface area contributed by atoms with Crippen LogP contribution in [0.2, 0.25) is 0 Å². The molecule has 3 aromatic rings. The molecule has 0 aliphatic rings. The van der Waals surface area contributed by atoms with E-state index < -0.39 is 5.97 Å². The van der Waals surface area contributed by atoms with E-state index in [1.165, 1.54) is 30.3 Å². The van der Waals surface area contributed by atoms with Crippen molar-refractivity contribution in [3.63, 3.8) is 0 Å². The summed E-state index contributed by atoms with van der Waals surface area (Å²) in [6.45, 7) is 0.183. The topological polar surface area (TPSA) is 59.7 Å². The molecular formula is C16H11FO4. The van der Waals surface area contributed by atoms with E-state index in [0.29, 0.717) is 22.5 Å². The maximum atomic E-state index is 12.8. The molecule has 0 saturated carbocycles. The Morgan fingerprint density at radius 1 is 1.14 bits per heavy atom. The number of furan rings is 1. The van der Waals surface area contributed by atoms with Gasteiger partial charge in [-0.15, -0.1) is 0 Å². The van der Waals surface area contributed by atoms with Gasteiger partial charge in [0, 0.05) is 5.39 Å². The van der Waals surface area contributed by atoms with E-state index in [0.717, 1.165) is 0 Å². The molecule has 5 heteroatoms. The molecule has 0 aliphatic carbocycles. The maximum Gasteiger partial charge on any atom is 0.335 e. The van der Waals surface area contributed by atoms with Gasteiger partial charge in [-0.3, -0.25) is 0 Å². The number of ether oxygens (including phenoxy) is 1. The van der Waals surface area contributed by atoms with Gasteiger partial charge < -0.3 is 14.3 Å². The monoisotopic (exact) mass is 286 g/mol. The molecule has 0 aliphatic heterocycles. The predicted octanol–water partition coefficient (Wildman–Crippen LogP) is 3.85. The number of hydrogen-bond acceptors (Lipinski definition) is 3. The summed E-state index contributed by atoms with van der Waals surface area (Å²) in [7, 11) is 0. The van der Waals surface area contributed by atoms with Gasteiger partial charge in [-0.2, -0.15) is 0 Å². The van der Waals surface area contributed by atoms with Crippen molar-refractivity contribution in [3.05, 3.63) is 65.7 Å². The Balaban J connectivity index is 1.78. The van der Waals surface area contributed by atoms with Gasteiger partial charge in [0.1, 0.15) is 29.5 Å². The summed E-state index contributed by atoms with van der Waals surface area (Å²) in [6.07, 6.45) is 0. The molecule has 0 amide bonds. The third kappa shape index (κ3) is 2.86. The Morgan fingerprint density at radius 3 is 2.62 bits per heavy atom. The average molecular weight is 286 g/mol. The van der Waals surface area contributed by atoms with E-state index >= 15 is 0 Å². The minimum Gasteiger partial charge on any atom is -0.486 e. The zero-order chi connectivity index (χ0) is 14.8. The van der Waals surface area contributed by atoms with E-state index in [9.17, 15) is 9.18 Å². The quantitative estimate of drug-likeness (QED) is 0.791. The number of carbonyl (C=O) groups is 1. The molecule has 106 valence electrons. The lowest BCUT2D eigenvalue weighted by molar-refractivity contribution is 0.0697. The van der Waals surface area contributed by atoms with Crippen LogP contribution in [0.15, 0.2) is 52.9 Å². The second kappa shape index (κ2) is 5.28. The number of carboxylic acid groups (broad SMARTS) is 1. The average Bonchev–Trinajstić information content (AvgIpc) is 2.88. The summed E-state index contributed by atoms with van der Waals surface area (Å²) in [5.74, 6) is -0.213. The van der Waals surface area contributed by atoms with Crippen LogP contribution in [0.3, 0.4) is 0 Å². The van der Waals surface area contributed by atoms with Gasteiger partial charge in [-0.1, -0.05) is 0 Å². The molecule has 0 atom stereocenters. The van der Waals surface area contributed by atoms with E-state index in [1.807, 2.05) is 0 Å². The van der Waals surface area contributed by atoms with E-state index in [-0.39, 0.29) is 18.0 Å². The summed E-state index contributed by atoms with van der Waals surface area (Å²) in [5.41, 5.74) is 0.798. The third-order valence-electron chi connectivity index (χ3n) is 3.01. The first-order valence-electron chi connectivity index (χ1n) is 6.26. The number of halogens is 1. The van der Waals surface area contributed by atoms with Crippen LogP contribution < -0.4 is 4.74 Å². The molecule has 0 fully saturated rings. The Morgan fingerprint density at radius 2 is 1.90 bits per heavy atom. The molecule has 3 rings (SSSR count). The van der Waals surface area contributed by atoms with Crippen LogP contribution in [0.4, 0.5) is 4.39 Å². The van der Waals surface area contributed by atoms with Crippen molar-refractivity contribution >= 4 is 16.9 Å². The first-order chi connectivity index (χ1) is 10.1. The predicted molar refractivity (Wildman–Crippen MR) is 73.9 cm³/mol. The number of fused-ring (bicyclic) bond motifs is 1. The first kappa shape index (κ1) is 13.2. The van der Waals surface area contributed by atoms with Crippen molar-refractivity contribution in [2.45, 2.75) is 6.61 Å².